The highest BCUT2D eigenvalue weighted by molar-refractivity contribution is 5.81. The number of amides is 1. The molecule has 3 heteroatoms. The van der Waals surface area contributed by atoms with Crippen LogP contribution >= 0.6 is 0 Å². The maximum Gasteiger partial charge on any atom is 0.227 e. The fraction of sp³-hybridized carbons (Fsp3) is 0.562. The quantitative estimate of drug-likeness (QED) is 0.884. The second-order valence-corrected chi connectivity index (χ2v) is 5.79. The summed E-state index contributed by atoms with van der Waals surface area (Å²) in [6.07, 6.45) is 3.25. The van der Waals surface area contributed by atoms with Gasteiger partial charge in [-0.05, 0) is 30.4 Å². The topological polar surface area (TPSA) is 32.3 Å². The lowest BCUT2D eigenvalue weighted by Crippen LogP contribution is -2.40. The fourth-order valence-electron chi connectivity index (χ4n) is 3.24. The Hall–Kier alpha value is -1.51. The van der Waals surface area contributed by atoms with Crippen molar-refractivity contribution in [1.82, 2.24) is 4.90 Å². The normalized spacial score (nSPS) is 25.8. The number of likely N-dealkylation sites (tertiary alicyclic amines) is 1. The van der Waals surface area contributed by atoms with Crippen molar-refractivity contribution in [1.29, 1.82) is 0 Å². The van der Waals surface area contributed by atoms with E-state index in [0.29, 0.717) is 11.8 Å². The molecule has 2 atom stereocenters. The van der Waals surface area contributed by atoms with Gasteiger partial charge in [-0.15, -0.1) is 0 Å². The zero-order valence-electron chi connectivity index (χ0n) is 11.6. The molecular weight excluding hydrogens is 236 g/mol. The van der Waals surface area contributed by atoms with E-state index in [1.807, 2.05) is 6.07 Å². The van der Waals surface area contributed by atoms with Crippen LogP contribution in [0.4, 0.5) is 5.69 Å². The molecule has 3 rings (SSSR count). The van der Waals surface area contributed by atoms with Gasteiger partial charge in [0, 0.05) is 25.3 Å². The zero-order valence-corrected chi connectivity index (χ0v) is 11.6. The van der Waals surface area contributed by atoms with Crippen molar-refractivity contribution in [2.24, 2.45) is 11.8 Å². The number of hydrogen-bond donors (Lipinski definition) is 1. The molecule has 19 heavy (non-hydrogen) atoms. The largest absolute Gasteiger partial charge is 0.384 e. The second-order valence-electron chi connectivity index (χ2n) is 5.79. The lowest BCUT2D eigenvalue weighted by Gasteiger charge is -2.29. The molecule has 0 saturated carbocycles. The Morgan fingerprint density at radius 3 is 3.05 bits per heavy atom. The number of benzene rings is 1. The Labute approximate surface area is 115 Å². The number of fused-ring (bicyclic) bond motifs is 1. The third-order valence-corrected chi connectivity index (χ3v) is 4.55. The summed E-state index contributed by atoms with van der Waals surface area (Å²) < 4.78 is 0. The van der Waals surface area contributed by atoms with Crippen molar-refractivity contribution >= 4 is 11.6 Å². The molecule has 2 unspecified atom stereocenters. The minimum atomic E-state index is 0.116. The molecule has 0 bridgehead atoms. The first kappa shape index (κ1) is 12.5. The molecule has 1 N–H and O–H groups in total. The summed E-state index contributed by atoms with van der Waals surface area (Å²) in [5, 5.41) is 3.39. The molecule has 0 radical (unpaired) electrons. The molecule has 1 fully saturated rings. The van der Waals surface area contributed by atoms with Gasteiger partial charge in [0.15, 0.2) is 0 Å². The van der Waals surface area contributed by atoms with E-state index in [-0.39, 0.29) is 5.92 Å². The second kappa shape index (κ2) is 5.24. The number of carbonyl (C=O) groups excluding carboxylic acids is 1. The Bertz CT molecular complexity index is 472. The van der Waals surface area contributed by atoms with Gasteiger partial charge in [0.1, 0.15) is 0 Å². The summed E-state index contributed by atoms with van der Waals surface area (Å²) >= 11 is 0. The van der Waals surface area contributed by atoms with Crippen LogP contribution in [0.2, 0.25) is 0 Å². The molecule has 2 aliphatic rings. The highest BCUT2D eigenvalue weighted by Gasteiger charge is 2.31. The Morgan fingerprint density at radius 1 is 1.42 bits per heavy atom. The Balaban J connectivity index is 1.66. The standard InChI is InChI=1S/C16H22N2O/c1-2-12-7-8-18(11-12)16(19)14-9-13-5-3-4-6-15(13)17-10-14/h3-6,12,14,17H,2,7-11H2,1H3. The van der Waals surface area contributed by atoms with Crippen molar-refractivity contribution in [3.8, 4) is 0 Å². The number of para-hydroxylation sites is 1. The van der Waals surface area contributed by atoms with E-state index < -0.39 is 0 Å². The van der Waals surface area contributed by atoms with Gasteiger partial charge in [-0.2, -0.15) is 0 Å². The van der Waals surface area contributed by atoms with E-state index in [0.717, 1.165) is 26.1 Å². The third-order valence-electron chi connectivity index (χ3n) is 4.55. The van der Waals surface area contributed by atoms with Crippen molar-refractivity contribution in [3.05, 3.63) is 29.8 Å². The molecule has 102 valence electrons. The van der Waals surface area contributed by atoms with Crippen LogP contribution in [0.15, 0.2) is 24.3 Å². The first-order chi connectivity index (χ1) is 9.28. The van der Waals surface area contributed by atoms with Gasteiger partial charge >= 0.3 is 0 Å². The number of hydrogen-bond acceptors (Lipinski definition) is 2. The maximum absolute atomic E-state index is 12.6. The van der Waals surface area contributed by atoms with Gasteiger partial charge in [-0.3, -0.25) is 4.79 Å². The maximum atomic E-state index is 12.6. The molecular formula is C16H22N2O. The van der Waals surface area contributed by atoms with Crippen molar-refractivity contribution in [3.63, 3.8) is 0 Å². The molecule has 1 aromatic carbocycles. The monoisotopic (exact) mass is 258 g/mol. The van der Waals surface area contributed by atoms with Crippen LogP contribution in [0.3, 0.4) is 0 Å². The Kier molecular flexibility index (Phi) is 3.45. The molecule has 0 aliphatic carbocycles. The molecule has 1 saturated heterocycles. The number of nitrogens with one attached hydrogen (secondary N) is 1. The predicted molar refractivity (Wildman–Crippen MR) is 77.1 cm³/mol. The summed E-state index contributed by atoms with van der Waals surface area (Å²) in [7, 11) is 0. The summed E-state index contributed by atoms with van der Waals surface area (Å²) in [5.41, 5.74) is 2.47. The summed E-state index contributed by atoms with van der Waals surface area (Å²) in [6, 6.07) is 8.32. The number of nitrogens with zero attached hydrogens (tertiary/aromatic N) is 1. The van der Waals surface area contributed by atoms with Crippen LogP contribution in [-0.4, -0.2) is 30.4 Å². The van der Waals surface area contributed by atoms with E-state index in [1.54, 1.807) is 0 Å². The molecule has 2 aliphatic heterocycles. The van der Waals surface area contributed by atoms with Gasteiger partial charge in [0.2, 0.25) is 5.91 Å². The van der Waals surface area contributed by atoms with E-state index in [1.165, 1.54) is 24.1 Å². The SMILES string of the molecule is CCC1CCN(C(=O)C2CNc3ccccc3C2)C1. The van der Waals surface area contributed by atoms with Crippen LogP contribution in [0.5, 0.6) is 0 Å². The predicted octanol–water partition coefficient (Wildman–Crippen LogP) is 2.53. The number of carbonyl (C=O) groups is 1. The number of rotatable bonds is 2. The van der Waals surface area contributed by atoms with Gasteiger partial charge < -0.3 is 10.2 Å². The number of anilines is 1. The summed E-state index contributed by atoms with van der Waals surface area (Å²) in [4.78, 5) is 14.6. The van der Waals surface area contributed by atoms with E-state index in [2.05, 4.69) is 35.3 Å². The minimum Gasteiger partial charge on any atom is -0.384 e. The van der Waals surface area contributed by atoms with Crippen LogP contribution in [-0.2, 0) is 11.2 Å². The average molecular weight is 258 g/mol. The lowest BCUT2D eigenvalue weighted by molar-refractivity contribution is -0.134. The summed E-state index contributed by atoms with van der Waals surface area (Å²) in [6.45, 7) is 4.92. The lowest BCUT2D eigenvalue weighted by atomic mass is 9.93. The molecule has 0 spiro atoms. The zero-order chi connectivity index (χ0) is 13.2. The van der Waals surface area contributed by atoms with Gasteiger partial charge in [0.25, 0.3) is 0 Å². The molecule has 3 nitrogen and oxygen atoms in total. The van der Waals surface area contributed by atoms with E-state index >= 15 is 0 Å². The van der Waals surface area contributed by atoms with E-state index in [9.17, 15) is 4.79 Å². The molecule has 1 amide bonds. The van der Waals surface area contributed by atoms with Crippen molar-refractivity contribution in [2.75, 3.05) is 25.0 Å². The molecule has 2 heterocycles. The van der Waals surface area contributed by atoms with Crippen LogP contribution in [0.25, 0.3) is 0 Å². The van der Waals surface area contributed by atoms with Crippen molar-refractivity contribution in [2.45, 2.75) is 26.2 Å². The highest BCUT2D eigenvalue weighted by Crippen LogP contribution is 2.27. The molecule has 1 aromatic rings. The average Bonchev–Trinajstić information content (AvgIpc) is 2.95. The van der Waals surface area contributed by atoms with E-state index in [4.69, 9.17) is 0 Å². The third kappa shape index (κ3) is 2.46. The fourth-order valence-corrected chi connectivity index (χ4v) is 3.24. The smallest absolute Gasteiger partial charge is 0.227 e. The summed E-state index contributed by atoms with van der Waals surface area (Å²) in [5.74, 6) is 1.18. The first-order valence-corrected chi connectivity index (χ1v) is 7.38. The van der Waals surface area contributed by atoms with Gasteiger partial charge in [-0.1, -0.05) is 31.5 Å². The van der Waals surface area contributed by atoms with Gasteiger partial charge in [0.05, 0.1) is 5.92 Å². The minimum absolute atomic E-state index is 0.116. The van der Waals surface area contributed by atoms with Crippen LogP contribution < -0.4 is 5.32 Å². The van der Waals surface area contributed by atoms with Gasteiger partial charge in [-0.25, -0.2) is 0 Å². The van der Waals surface area contributed by atoms with Crippen LogP contribution in [0, 0.1) is 11.8 Å². The molecule has 0 aromatic heterocycles. The van der Waals surface area contributed by atoms with Crippen molar-refractivity contribution < 1.29 is 4.79 Å². The Morgan fingerprint density at radius 2 is 2.26 bits per heavy atom. The highest BCUT2D eigenvalue weighted by atomic mass is 16.2. The van der Waals surface area contributed by atoms with Crippen LogP contribution in [0.1, 0.15) is 25.3 Å². The first-order valence-electron chi connectivity index (χ1n) is 7.38.